The van der Waals surface area contributed by atoms with Gasteiger partial charge in [-0.3, -0.25) is 4.68 Å². The van der Waals surface area contributed by atoms with Crippen molar-refractivity contribution in [2.45, 2.75) is 76.9 Å². The molecule has 2 aliphatic carbocycles. The molecule has 3 heteroatoms. The molecule has 0 saturated heterocycles. The highest BCUT2D eigenvalue weighted by atomic mass is 16.3. The van der Waals surface area contributed by atoms with Crippen LogP contribution in [-0.2, 0) is 6.42 Å². The van der Waals surface area contributed by atoms with E-state index in [2.05, 4.69) is 30.8 Å². The van der Waals surface area contributed by atoms with E-state index in [1.165, 1.54) is 25.7 Å². The van der Waals surface area contributed by atoms with Gasteiger partial charge in [-0.2, -0.15) is 5.10 Å². The maximum Gasteiger partial charge on any atom is 0.0709 e. The quantitative estimate of drug-likeness (QED) is 0.905. The van der Waals surface area contributed by atoms with Crippen LogP contribution in [0, 0.1) is 5.41 Å². The Bertz CT molecular complexity index is 445. The van der Waals surface area contributed by atoms with Gasteiger partial charge in [-0.05, 0) is 43.6 Å². The van der Waals surface area contributed by atoms with Gasteiger partial charge < -0.3 is 5.11 Å². The summed E-state index contributed by atoms with van der Waals surface area (Å²) in [6, 6.07) is 2.70. The van der Waals surface area contributed by atoms with Crippen molar-refractivity contribution in [2.75, 3.05) is 0 Å². The van der Waals surface area contributed by atoms with Crippen molar-refractivity contribution >= 4 is 0 Å². The lowest BCUT2D eigenvalue weighted by atomic mass is 9.87. The Hall–Kier alpha value is -0.830. The van der Waals surface area contributed by atoms with E-state index in [1.807, 2.05) is 0 Å². The van der Waals surface area contributed by atoms with E-state index in [9.17, 15) is 5.11 Å². The fourth-order valence-electron chi connectivity index (χ4n) is 3.97. The minimum absolute atomic E-state index is 0.281. The van der Waals surface area contributed by atoms with Crippen LogP contribution >= 0.6 is 0 Å². The molecule has 1 atom stereocenters. The Labute approximate surface area is 116 Å². The van der Waals surface area contributed by atoms with Crippen molar-refractivity contribution in [2.24, 2.45) is 5.41 Å². The molecule has 3 nitrogen and oxygen atoms in total. The van der Waals surface area contributed by atoms with Gasteiger partial charge in [-0.15, -0.1) is 0 Å². The van der Waals surface area contributed by atoms with Crippen LogP contribution in [0.2, 0.25) is 0 Å². The molecule has 0 amide bonds. The van der Waals surface area contributed by atoms with Gasteiger partial charge in [0.2, 0.25) is 0 Å². The summed E-state index contributed by atoms with van der Waals surface area (Å²) >= 11 is 0. The molecule has 1 N–H and O–H groups in total. The highest BCUT2D eigenvalue weighted by Gasteiger charge is 2.42. The maximum absolute atomic E-state index is 10.7. The Balaban J connectivity index is 1.67. The topological polar surface area (TPSA) is 38.0 Å². The van der Waals surface area contributed by atoms with E-state index in [1.54, 1.807) is 0 Å². The van der Waals surface area contributed by atoms with Crippen molar-refractivity contribution < 1.29 is 5.11 Å². The molecule has 0 aliphatic heterocycles. The summed E-state index contributed by atoms with van der Waals surface area (Å²) in [7, 11) is 0. The van der Waals surface area contributed by atoms with Gasteiger partial charge in [0.25, 0.3) is 0 Å². The molecule has 1 aromatic heterocycles. The molecule has 2 fully saturated rings. The summed E-state index contributed by atoms with van der Waals surface area (Å²) in [5.41, 5.74) is 0.813. The van der Waals surface area contributed by atoms with Crippen molar-refractivity contribution in [1.29, 1.82) is 0 Å². The van der Waals surface area contributed by atoms with E-state index < -0.39 is 5.60 Å². The summed E-state index contributed by atoms with van der Waals surface area (Å²) in [6.07, 6.45) is 10.9. The molecule has 106 valence electrons. The van der Waals surface area contributed by atoms with Crippen LogP contribution in [0.3, 0.4) is 0 Å². The molecule has 1 heterocycles. The Morgan fingerprint density at radius 2 is 2.05 bits per heavy atom. The lowest BCUT2D eigenvalue weighted by Crippen LogP contribution is -2.29. The Morgan fingerprint density at radius 3 is 2.68 bits per heavy atom. The molecular formula is C16H26N2O. The summed E-state index contributed by atoms with van der Waals surface area (Å²) < 4.78 is 2.13. The van der Waals surface area contributed by atoms with Crippen molar-refractivity contribution in [3.05, 3.63) is 18.0 Å². The molecule has 0 spiro atoms. The third-order valence-corrected chi connectivity index (χ3v) is 4.95. The van der Waals surface area contributed by atoms with Crippen molar-refractivity contribution in [1.82, 2.24) is 9.78 Å². The fourth-order valence-corrected chi connectivity index (χ4v) is 3.97. The number of nitrogens with zero attached hydrogens (tertiary/aromatic N) is 2. The van der Waals surface area contributed by atoms with E-state index in [0.717, 1.165) is 31.4 Å². The van der Waals surface area contributed by atoms with Crippen LogP contribution in [-0.4, -0.2) is 20.5 Å². The first-order valence-corrected chi connectivity index (χ1v) is 7.72. The minimum atomic E-state index is -0.529. The molecule has 1 unspecified atom stereocenters. The summed E-state index contributed by atoms with van der Waals surface area (Å²) in [5.74, 6) is 0. The molecule has 19 heavy (non-hydrogen) atoms. The predicted octanol–water partition coefficient (Wildman–Crippen LogP) is 3.48. The summed E-state index contributed by atoms with van der Waals surface area (Å²) in [5, 5.41) is 15.4. The third kappa shape index (κ3) is 2.86. The zero-order valence-electron chi connectivity index (χ0n) is 12.2. The number of hydrogen-bond acceptors (Lipinski definition) is 2. The molecule has 2 saturated carbocycles. The lowest BCUT2D eigenvalue weighted by Gasteiger charge is -2.24. The largest absolute Gasteiger partial charge is 0.389 e. The van der Waals surface area contributed by atoms with Gasteiger partial charge >= 0.3 is 0 Å². The molecular weight excluding hydrogens is 236 g/mol. The number of aromatic nitrogens is 2. The van der Waals surface area contributed by atoms with Crippen LogP contribution in [0.15, 0.2) is 12.3 Å². The highest BCUT2D eigenvalue weighted by Crippen LogP contribution is 2.44. The first kappa shape index (κ1) is 13.2. The van der Waals surface area contributed by atoms with Crippen LogP contribution in [0.25, 0.3) is 0 Å². The van der Waals surface area contributed by atoms with Crippen LogP contribution in [0.4, 0.5) is 0 Å². The molecule has 0 aromatic carbocycles. The highest BCUT2D eigenvalue weighted by molar-refractivity contribution is 5.08. The average molecular weight is 262 g/mol. The van der Waals surface area contributed by atoms with Crippen molar-refractivity contribution in [3.8, 4) is 0 Å². The number of hydrogen-bond donors (Lipinski definition) is 1. The second-order valence-electron chi connectivity index (χ2n) is 7.47. The van der Waals surface area contributed by atoms with Crippen LogP contribution < -0.4 is 0 Å². The van der Waals surface area contributed by atoms with E-state index >= 15 is 0 Å². The van der Waals surface area contributed by atoms with Gasteiger partial charge in [0.15, 0.2) is 0 Å². The smallest absolute Gasteiger partial charge is 0.0709 e. The SMILES string of the molecule is CC1(C)CCC(O)(Cc2ccn(C3CCCC3)n2)C1. The molecule has 0 radical (unpaired) electrons. The summed E-state index contributed by atoms with van der Waals surface area (Å²) in [6.45, 7) is 4.50. The zero-order valence-corrected chi connectivity index (χ0v) is 12.2. The molecule has 0 bridgehead atoms. The van der Waals surface area contributed by atoms with Crippen LogP contribution in [0.5, 0.6) is 0 Å². The monoisotopic (exact) mass is 262 g/mol. The third-order valence-electron chi connectivity index (χ3n) is 4.95. The number of aliphatic hydroxyl groups is 1. The van der Waals surface area contributed by atoms with Gasteiger partial charge in [-0.25, -0.2) is 0 Å². The van der Waals surface area contributed by atoms with Gasteiger partial charge in [0, 0.05) is 12.6 Å². The van der Waals surface area contributed by atoms with Crippen LogP contribution in [0.1, 0.15) is 70.5 Å². The zero-order chi connectivity index (χ0) is 13.5. The normalized spacial score (nSPS) is 31.1. The first-order valence-electron chi connectivity index (χ1n) is 7.72. The number of rotatable bonds is 3. The minimum Gasteiger partial charge on any atom is -0.389 e. The Morgan fingerprint density at radius 1 is 1.32 bits per heavy atom. The Kier molecular flexibility index (Phi) is 3.20. The average Bonchev–Trinajstić information content (AvgIpc) is 2.98. The van der Waals surface area contributed by atoms with Crippen molar-refractivity contribution in [3.63, 3.8) is 0 Å². The van der Waals surface area contributed by atoms with E-state index in [0.29, 0.717) is 6.04 Å². The van der Waals surface area contributed by atoms with Gasteiger partial charge in [-0.1, -0.05) is 26.7 Å². The van der Waals surface area contributed by atoms with E-state index in [4.69, 9.17) is 5.10 Å². The molecule has 3 rings (SSSR count). The molecule has 1 aromatic rings. The summed E-state index contributed by atoms with van der Waals surface area (Å²) in [4.78, 5) is 0. The second-order valence-corrected chi connectivity index (χ2v) is 7.47. The standard InChI is InChI=1S/C16H26N2O/c1-15(2)8-9-16(19,12-15)11-13-7-10-18(17-13)14-5-3-4-6-14/h7,10,14,19H,3-6,8-9,11-12H2,1-2H3. The molecule has 2 aliphatic rings. The fraction of sp³-hybridized carbons (Fsp3) is 0.812. The first-order chi connectivity index (χ1) is 8.96. The maximum atomic E-state index is 10.7. The van der Waals surface area contributed by atoms with Gasteiger partial charge in [0.1, 0.15) is 0 Å². The second kappa shape index (κ2) is 4.62. The van der Waals surface area contributed by atoms with Gasteiger partial charge in [0.05, 0.1) is 17.3 Å². The predicted molar refractivity (Wildman–Crippen MR) is 76.0 cm³/mol. The lowest BCUT2D eigenvalue weighted by molar-refractivity contribution is 0.0368. The van der Waals surface area contributed by atoms with E-state index in [-0.39, 0.29) is 5.41 Å².